The Labute approximate surface area is 103 Å². The van der Waals surface area contributed by atoms with Crippen LogP contribution >= 0.6 is 11.6 Å². The van der Waals surface area contributed by atoms with E-state index < -0.39 is 17.8 Å². The second kappa shape index (κ2) is 4.18. The Morgan fingerprint density at radius 1 is 1.06 bits per heavy atom. The Balaban J connectivity index is 2.40. The molecule has 0 spiro atoms. The second-order valence-corrected chi connectivity index (χ2v) is 3.89. The molecule has 1 aromatic rings. The van der Waals surface area contributed by atoms with Crippen LogP contribution in [0.5, 0.6) is 0 Å². The molecule has 0 atom stereocenters. The van der Waals surface area contributed by atoms with Crippen LogP contribution in [-0.4, -0.2) is 29.3 Å². The maximum absolute atomic E-state index is 11.8. The fourth-order valence-corrected chi connectivity index (χ4v) is 1.73. The van der Waals surface area contributed by atoms with E-state index in [9.17, 15) is 14.4 Å². The molecule has 0 bridgehead atoms. The van der Waals surface area contributed by atoms with Gasteiger partial charge in [-0.3, -0.25) is 14.5 Å². The highest BCUT2D eigenvalue weighted by Crippen LogP contribution is 2.23. The number of rotatable bonds is 2. The molecule has 1 fully saturated rings. The molecule has 1 aliphatic heterocycles. The van der Waals surface area contributed by atoms with Crippen molar-refractivity contribution in [3.63, 3.8) is 0 Å². The molecule has 6 heteroatoms. The van der Waals surface area contributed by atoms with Crippen molar-refractivity contribution in [3.05, 3.63) is 29.3 Å². The SMILES string of the molecule is CCN1C(=O)C(=O)N(c2ccc(Cl)cc2)C1=O. The Kier molecular flexibility index (Phi) is 2.85. The van der Waals surface area contributed by atoms with Gasteiger partial charge in [-0.05, 0) is 31.2 Å². The molecular weight excluding hydrogens is 244 g/mol. The lowest BCUT2D eigenvalue weighted by Gasteiger charge is -2.13. The minimum Gasteiger partial charge on any atom is -0.263 e. The van der Waals surface area contributed by atoms with Crippen molar-refractivity contribution in [3.8, 4) is 0 Å². The number of nitrogens with zero attached hydrogens (tertiary/aromatic N) is 2. The van der Waals surface area contributed by atoms with Gasteiger partial charge in [0.05, 0.1) is 5.69 Å². The standard InChI is InChI=1S/C11H9ClN2O3/c1-2-13-9(15)10(16)14(11(13)17)8-5-3-7(12)4-6-8/h3-6H,2H2,1H3. The minimum atomic E-state index is -0.834. The van der Waals surface area contributed by atoms with Crippen LogP contribution in [0.15, 0.2) is 24.3 Å². The van der Waals surface area contributed by atoms with Gasteiger partial charge in [0.1, 0.15) is 0 Å². The zero-order chi connectivity index (χ0) is 12.6. The summed E-state index contributed by atoms with van der Waals surface area (Å²) in [6.45, 7) is 1.81. The van der Waals surface area contributed by atoms with Crippen LogP contribution in [0.1, 0.15) is 6.92 Å². The number of carbonyl (C=O) groups is 3. The molecule has 5 nitrogen and oxygen atoms in total. The highest BCUT2D eigenvalue weighted by Gasteiger charge is 2.44. The van der Waals surface area contributed by atoms with Crippen molar-refractivity contribution < 1.29 is 14.4 Å². The molecule has 1 saturated heterocycles. The molecule has 17 heavy (non-hydrogen) atoms. The number of benzene rings is 1. The molecule has 0 N–H and O–H groups in total. The number of carbonyl (C=O) groups excluding carboxylic acids is 3. The second-order valence-electron chi connectivity index (χ2n) is 3.45. The van der Waals surface area contributed by atoms with Crippen molar-refractivity contribution in [1.82, 2.24) is 4.90 Å². The molecule has 1 aromatic carbocycles. The highest BCUT2D eigenvalue weighted by atomic mass is 35.5. The number of urea groups is 1. The van der Waals surface area contributed by atoms with Crippen LogP contribution in [0.25, 0.3) is 0 Å². The predicted octanol–water partition coefficient (Wildman–Crippen LogP) is 1.66. The summed E-state index contributed by atoms with van der Waals surface area (Å²) in [5.74, 6) is -1.63. The van der Waals surface area contributed by atoms with Crippen LogP contribution in [0.3, 0.4) is 0 Å². The van der Waals surface area contributed by atoms with E-state index in [0.717, 1.165) is 9.80 Å². The summed E-state index contributed by atoms with van der Waals surface area (Å²) in [4.78, 5) is 36.7. The molecule has 2 rings (SSSR count). The zero-order valence-corrected chi connectivity index (χ0v) is 9.77. The third kappa shape index (κ3) is 1.78. The molecule has 1 heterocycles. The first-order valence-corrected chi connectivity index (χ1v) is 5.39. The van der Waals surface area contributed by atoms with Crippen LogP contribution in [0, 0.1) is 0 Å². The lowest BCUT2D eigenvalue weighted by Crippen LogP contribution is -2.33. The summed E-state index contributed by atoms with van der Waals surface area (Å²) in [7, 11) is 0. The first kappa shape index (κ1) is 11.6. The topological polar surface area (TPSA) is 57.7 Å². The van der Waals surface area contributed by atoms with Gasteiger partial charge in [-0.1, -0.05) is 11.6 Å². The fraction of sp³-hybridized carbons (Fsp3) is 0.182. The van der Waals surface area contributed by atoms with Gasteiger partial charge in [0.15, 0.2) is 0 Å². The van der Waals surface area contributed by atoms with Gasteiger partial charge in [-0.15, -0.1) is 0 Å². The first-order chi connectivity index (χ1) is 8.06. The molecule has 0 radical (unpaired) electrons. The van der Waals surface area contributed by atoms with Gasteiger partial charge in [0.2, 0.25) is 0 Å². The number of imide groups is 2. The van der Waals surface area contributed by atoms with Gasteiger partial charge in [-0.2, -0.15) is 0 Å². The van der Waals surface area contributed by atoms with E-state index >= 15 is 0 Å². The summed E-state index contributed by atoms with van der Waals surface area (Å²) in [6, 6.07) is 5.52. The number of amides is 4. The number of halogens is 1. The van der Waals surface area contributed by atoms with Crippen molar-refractivity contribution in [2.75, 3.05) is 11.4 Å². The van der Waals surface area contributed by atoms with Gasteiger partial charge in [-0.25, -0.2) is 9.69 Å². The predicted molar refractivity (Wildman–Crippen MR) is 61.7 cm³/mol. The van der Waals surface area contributed by atoms with Gasteiger partial charge in [0, 0.05) is 11.6 Å². The molecule has 0 aromatic heterocycles. The van der Waals surface area contributed by atoms with Crippen molar-refractivity contribution >= 4 is 35.1 Å². The first-order valence-electron chi connectivity index (χ1n) is 5.01. The molecule has 0 aliphatic carbocycles. The number of anilines is 1. The molecule has 0 unspecified atom stereocenters. The monoisotopic (exact) mass is 252 g/mol. The Morgan fingerprint density at radius 3 is 2.12 bits per heavy atom. The average molecular weight is 253 g/mol. The average Bonchev–Trinajstić information content (AvgIpc) is 2.52. The molecular formula is C11H9ClN2O3. The number of likely N-dealkylation sites (N-methyl/N-ethyl adjacent to an activating group) is 1. The van der Waals surface area contributed by atoms with Gasteiger partial charge >= 0.3 is 17.8 Å². The lowest BCUT2D eigenvalue weighted by molar-refractivity contribution is -0.139. The van der Waals surface area contributed by atoms with Crippen molar-refractivity contribution in [2.24, 2.45) is 0 Å². The summed E-state index contributed by atoms with van der Waals surface area (Å²) in [6.07, 6.45) is 0. The fourth-order valence-electron chi connectivity index (χ4n) is 1.60. The van der Waals surface area contributed by atoms with E-state index in [1.165, 1.54) is 12.1 Å². The minimum absolute atomic E-state index is 0.174. The third-order valence-electron chi connectivity index (χ3n) is 2.45. The third-order valence-corrected chi connectivity index (χ3v) is 2.71. The lowest BCUT2D eigenvalue weighted by atomic mass is 10.3. The Morgan fingerprint density at radius 2 is 1.65 bits per heavy atom. The van der Waals surface area contributed by atoms with E-state index in [2.05, 4.69) is 0 Å². The van der Waals surface area contributed by atoms with E-state index in [1.54, 1.807) is 19.1 Å². The van der Waals surface area contributed by atoms with E-state index in [0.29, 0.717) is 10.7 Å². The Bertz CT molecular complexity index is 498. The van der Waals surface area contributed by atoms with E-state index in [1.807, 2.05) is 0 Å². The molecule has 88 valence electrons. The largest absolute Gasteiger partial charge is 0.338 e. The van der Waals surface area contributed by atoms with Crippen molar-refractivity contribution in [1.29, 1.82) is 0 Å². The highest BCUT2D eigenvalue weighted by molar-refractivity contribution is 6.52. The maximum Gasteiger partial charge on any atom is 0.338 e. The smallest absolute Gasteiger partial charge is 0.263 e. The van der Waals surface area contributed by atoms with Crippen LogP contribution in [0.4, 0.5) is 10.5 Å². The summed E-state index contributed by atoms with van der Waals surface area (Å²) < 4.78 is 0. The van der Waals surface area contributed by atoms with Gasteiger partial charge < -0.3 is 0 Å². The number of hydrogen-bond acceptors (Lipinski definition) is 3. The van der Waals surface area contributed by atoms with E-state index in [4.69, 9.17) is 11.6 Å². The Hall–Kier alpha value is -1.88. The van der Waals surface area contributed by atoms with E-state index in [-0.39, 0.29) is 6.54 Å². The zero-order valence-electron chi connectivity index (χ0n) is 9.01. The molecule has 0 saturated carbocycles. The normalized spacial score (nSPS) is 16.0. The maximum atomic E-state index is 11.8. The van der Waals surface area contributed by atoms with Crippen LogP contribution < -0.4 is 4.90 Å². The van der Waals surface area contributed by atoms with Crippen molar-refractivity contribution in [2.45, 2.75) is 6.92 Å². The van der Waals surface area contributed by atoms with Gasteiger partial charge in [0.25, 0.3) is 0 Å². The summed E-state index contributed by atoms with van der Waals surface area (Å²) >= 11 is 5.71. The molecule has 4 amide bonds. The van der Waals surface area contributed by atoms with Crippen LogP contribution in [-0.2, 0) is 9.59 Å². The summed E-state index contributed by atoms with van der Waals surface area (Å²) in [5.41, 5.74) is 0.341. The van der Waals surface area contributed by atoms with Crippen LogP contribution in [0.2, 0.25) is 5.02 Å². The molecule has 1 aliphatic rings. The quantitative estimate of drug-likeness (QED) is 0.594. The summed E-state index contributed by atoms with van der Waals surface area (Å²) in [5, 5.41) is 0.492. The number of hydrogen-bond donors (Lipinski definition) is 0.